The molecule has 0 aliphatic carbocycles. The minimum atomic E-state index is -0.852. The van der Waals surface area contributed by atoms with Crippen LogP contribution >= 0.6 is 0 Å². The Morgan fingerprint density at radius 3 is 2.40 bits per heavy atom. The first-order chi connectivity index (χ1) is 6.81. The molecule has 0 spiro atoms. The second kappa shape index (κ2) is 6.23. The highest BCUT2D eigenvalue weighted by molar-refractivity contribution is 5.77. The summed E-state index contributed by atoms with van der Waals surface area (Å²) in [5.74, 6) is -0.252. The number of carbonyl (C=O) groups excluding carboxylic acids is 2. The van der Waals surface area contributed by atoms with Crippen molar-refractivity contribution >= 4 is 12.0 Å². The molecule has 2 amide bonds. The second-order valence-corrected chi connectivity index (χ2v) is 3.92. The van der Waals surface area contributed by atoms with Gasteiger partial charge in [-0.25, -0.2) is 4.79 Å². The van der Waals surface area contributed by atoms with Crippen LogP contribution < -0.4 is 11.1 Å². The van der Waals surface area contributed by atoms with Gasteiger partial charge in [-0.05, 0) is 20.8 Å². The average molecular weight is 218 g/mol. The van der Waals surface area contributed by atoms with E-state index in [4.69, 9.17) is 10.5 Å². The minimum absolute atomic E-state index is 0.0138. The van der Waals surface area contributed by atoms with Crippen LogP contribution in [-0.2, 0) is 14.3 Å². The Kier molecular flexibility index (Phi) is 5.69. The number of carbonyl (C=O) groups is 2. The first kappa shape index (κ1) is 13.7. The number of primary amides is 1. The highest BCUT2D eigenvalue weighted by atomic mass is 16.5. The van der Waals surface area contributed by atoms with Crippen LogP contribution in [0.2, 0.25) is 0 Å². The van der Waals surface area contributed by atoms with Crippen LogP contribution in [0.15, 0.2) is 0 Å². The summed E-state index contributed by atoms with van der Waals surface area (Å²) >= 11 is 0. The van der Waals surface area contributed by atoms with Gasteiger partial charge < -0.3 is 20.5 Å². The fourth-order valence-electron chi connectivity index (χ4n) is 0.675. The van der Waals surface area contributed by atoms with Crippen LogP contribution in [0, 0.1) is 0 Å². The molecule has 15 heavy (non-hydrogen) atoms. The summed E-state index contributed by atoms with van der Waals surface area (Å²) in [6.07, 6.45) is -0.852. The molecule has 0 heterocycles. The van der Waals surface area contributed by atoms with Crippen LogP contribution in [0.3, 0.4) is 0 Å². The maximum absolute atomic E-state index is 11.1. The third-order valence-electron chi connectivity index (χ3n) is 1.30. The largest absolute Gasteiger partial charge is 0.448 e. The first-order valence-corrected chi connectivity index (χ1v) is 4.64. The zero-order chi connectivity index (χ0) is 11.9. The lowest BCUT2D eigenvalue weighted by molar-refractivity contribution is -0.130. The van der Waals surface area contributed by atoms with Crippen LogP contribution in [-0.4, -0.2) is 37.4 Å². The lowest BCUT2D eigenvalue weighted by Gasteiger charge is -2.18. The topological polar surface area (TPSA) is 90.7 Å². The lowest BCUT2D eigenvalue weighted by Crippen LogP contribution is -2.34. The average Bonchev–Trinajstić information content (AvgIpc) is 2.07. The molecule has 0 aliphatic heterocycles. The smallest absolute Gasteiger partial charge is 0.404 e. The third kappa shape index (κ3) is 10.6. The van der Waals surface area contributed by atoms with Crippen molar-refractivity contribution in [3.8, 4) is 0 Å². The van der Waals surface area contributed by atoms with Crippen molar-refractivity contribution in [1.29, 1.82) is 0 Å². The number of rotatable bonds is 5. The predicted octanol–water partition coefficient (Wildman–Crippen LogP) is 0.0130. The minimum Gasteiger partial charge on any atom is -0.448 e. The van der Waals surface area contributed by atoms with Crippen LogP contribution in [0.4, 0.5) is 4.79 Å². The summed E-state index contributed by atoms with van der Waals surface area (Å²) in [5, 5.41) is 2.51. The van der Waals surface area contributed by atoms with Crippen molar-refractivity contribution in [2.75, 3.05) is 19.8 Å². The number of amides is 2. The molecule has 6 nitrogen and oxygen atoms in total. The standard InChI is InChI=1S/C9H18N2O4/c1-9(2,3)15-6-7(12)11-4-5-14-8(10)13/h4-6H2,1-3H3,(H2,10,13)(H,11,12). The zero-order valence-electron chi connectivity index (χ0n) is 9.33. The lowest BCUT2D eigenvalue weighted by atomic mass is 10.2. The SMILES string of the molecule is CC(C)(C)OCC(=O)NCCOC(N)=O. The number of nitrogens with two attached hydrogens (primary N) is 1. The quantitative estimate of drug-likeness (QED) is 0.636. The van der Waals surface area contributed by atoms with E-state index in [0.717, 1.165) is 0 Å². The molecular weight excluding hydrogens is 200 g/mol. The predicted molar refractivity (Wildman–Crippen MR) is 54.3 cm³/mol. The molecule has 0 unspecified atom stereocenters. The van der Waals surface area contributed by atoms with Gasteiger partial charge in [0.1, 0.15) is 13.2 Å². The molecule has 0 aromatic carbocycles. The van der Waals surface area contributed by atoms with Gasteiger partial charge in [-0.2, -0.15) is 0 Å². The molecule has 88 valence electrons. The molecule has 0 fully saturated rings. The van der Waals surface area contributed by atoms with Gasteiger partial charge in [-0.1, -0.05) is 0 Å². The first-order valence-electron chi connectivity index (χ1n) is 4.64. The second-order valence-electron chi connectivity index (χ2n) is 3.92. The van der Waals surface area contributed by atoms with E-state index in [1.165, 1.54) is 0 Å². The summed E-state index contributed by atoms with van der Waals surface area (Å²) in [5.41, 5.74) is 4.38. The van der Waals surface area contributed by atoms with Gasteiger partial charge in [-0.15, -0.1) is 0 Å². The van der Waals surface area contributed by atoms with Gasteiger partial charge in [0.2, 0.25) is 5.91 Å². The van der Waals surface area contributed by atoms with Crippen molar-refractivity contribution in [1.82, 2.24) is 5.32 Å². The van der Waals surface area contributed by atoms with E-state index in [-0.39, 0.29) is 31.3 Å². The Morgan fingerprint density at radius 1 is 1.33 bits per heavy atom. The van der Waals surface area contributed by atoms with Gasteiger partial charge in [0.25, 0.3) is 0 Å². The normalized spacial score (nSPS) is 10.9. The molecule has 0 rings (SSSR count). The van der Waals surface area contributed by atoms with Gasteiger partial charge in [-0.3, -0.25) is 4.79 Å². The van der Waals surface area contributed by atoms with Crippen molar-refractivity contribution in [2.24, 2.45) is 5.73 Å². The van der Waals surface area contributed by atoms with E-state index in [9.17, 15) is 9.59 Å². The fraction of sp³-hybridized carbons (Fsp3) is 0.778. The highest BCUT2D eigenvalue weighted by Gasteiger charge is 2.12. The fourth-order valence-corrected chi connectivity index (χ4v) is 0.675. The summed E-state index contributed by atoms with van der Waals surface area (Å²) in [7, 11) is 0. The number of hydrogen-bond acceptors (Lipinski definition) is 4. The summed E-state index contributed by atoms with van der Waals surface area (Å²) in [6, 6.07) is 0. The third-order valence-corrected chi connectivity index (χ3v) is 1.30. The zero-order valence-corrected chi connectivity index (χ0v) is 9.33. The molecule has 0 aliphatic rings. The van der Waals surface area contributed by atoms with Crippen molar-refractivity contribution < 1.29 is 19.1 Å². The van der Waals surface area contributed by atoms with Gasteiger partial charge >= 0.3 is 6.09 Å². The Balaban J connectivity index is 3.46. The number of nitrogens with one attached hydrogen (secondary N) is 1. The Hall–Kier alpha value is -1.30. The summed E-state index contributed by atoms with van der Waals surface area (Å²) < 4.78 is 9.65. The number of ether oxygens (including phenoxy) is 2. The Morgan fingerprint density at radius 2 is 1.93 bits per heavy atom. The molecule has 0 bridgehead atoms. The molecule has 6 heteroatoms. The van der Waals surface area contributed by atoms with Gasteiger partial charge in [0.05, 0.1) is 12.1 Å². The van der Waals surface area contributed by atoms with Gasteiger partial charge in [0, 0.05) is 0 Å². The van der Waals surface area contributed by atoms with E-state index < -0.39 is 6.09 Å². The van der Waals surface area contributed by atoms with Crippen LogP contribution in [0.25, 0.3) is 0 Å². The van der Waals surface area contributed by atoms with E-state index in [2.05, 4.69) is 10.1 Å². The van der Waals surface area contributed by atoms with Gasteiger partial charge in [0.15, 0.2) is 0 Å². The molecule has 0 aromatic heterocycles. The molecular formula is C9H18N2O4. The maximum atomic E-state index is 11.1. The summed E-state index contributed by atoms with van der Waals surface area (Å²) in [6.45, 7) is 5.86. The molecule has 3 N–H and O–H groups in total. The van der Waals surface area contributed by atoms with E-state index in [1.54, 1.807) is 0 Å². The van der Waals surface area contributed by atoms with E-state index in [0.29, 0.717) is 0 Å². The molecule has 0 atom stereocenters. The Labute approximate surface area is 89.1 Å². The highest BCUT2D eigenvalue weighted by Crippen LogP contribution is 2.05. The Bertz CT molecular complexity index is 223. The van der Waals surface area contributed by atoms with E-state index in [1.807, 2.05) is 20.8 Å². The van der Waals surface area contributed by atoms with Crippen LogP contribution in [0.1, 0.15) is 20.8 Å². The number of hydrogen-bond donors (Lipinski definition) is 2. The molecule has 0 radical (unpaired) electrons. The maximum Gasteiger partial charge on any atom is 0.404 e. The van der Waals surface area contributed by atoms with Crippen molar-refractivity contribution in [3.05, 3.63) is 0 Å². The monoisotopic (exact) mass is 218 g/mol. The summed E-state index contributed by atoms with van der Waals surface area (Å²) in [4.78, 5) is 21.3. The van der Waals surface area contributed by atoms with Crippen molar-refractivity contribution in [2.45, 2.75) is 26.4 Å². The molecule has 0 saturated carbocycles. The molecule has 0 aromatic rings. The van der Waals surface area contributed by atoms with E-state index >= 15 is 0 Å². The van der Waals surface area contributed by atoms with Crippen molar-refractivity contribution in [3.63, 3.8) is 0 Å². The molecule has 0 saturated heterocycles. The van der Waals surface area contributed by atoms with Crippen LogP contribution in [0.5, 0.6) is 0 Å².